The van der Waals surface area contributed by atoms with Crippen LogP contribution in [0.15, 0.2) is 25.3 Å². The quantitative estimate of drug-likeness (QED) is 0.318. The summed E-state index contributed by atoms with van der Waals surface area (Å²) in [5.74, 6) is 0. The molecule has 13 heavy (non-hydrogen) atoms. The van der Waals surface area contributed by atoms with E-state index in [1.54, 1.807) is 0 Å². The van der Waals surface area contributed by atoms with Crippen LogP contribution in [0.2, 0.25) is 0 Å². The van der Waals surface area contributed by atoms with Gasteiger partial charge in [0.2, 0.25) is 0 Å². The maximum Gasteiger partial charge on any atom is 0.103 e. The zero-order chi connectivity index (χ0) is 10.2. The van der Waals surface area contributed by atoms with Crippen LogP contribution in [-0.2, 0) is 4.74 Å². The smallest absolute Gasteiger partial charge is 0.103 e. The van der Waals surface area contributed by atoms with Crippen molar-refractivity contribution in [2.45, 2.75) is 6.92 Å². The first-order valence-corrected chi connectivity index (χ1v) is 4.81. The summed E-state index contributed by atoms with van der Waals surface area (Å²) in [5, 5.41) is 0. The number of hydrogen-bond acceptors (Lipinski definition) is 1. The highest BCUT2D eigenvalue weighted by atomic mass is 16.5. The van der Waals surface area contributed by atoms with Gasteiger partial charge in [0.25, 0.3) is 0 Å². The van der Waals surface area contributed by atoms with E-state index in [1.165, 1.54) is 0 Å². The highest BCUT2D eigenvalue weighted by molar-refractivity contribution is 4.70. The fourth-order valence-electron chi connectivity index (χ4n) is 1.31. The third-order valence-corrected chi connectivity index (χ3v) is 2.12. The largest absolute Gasteiger partial charge is 0.376 e. The van der Waals surface area contributed by atoms with Gasteiger partial charge in [-0.3, -0.25) is 0 Å². The summed E-state index contributed by atoms with van der Waals surface area (Å²) in [5.41, 5.74) is 0. The van der Waals surface area contributed by atoms with Gasteiger partial charge in [-0.2, -0.15) is 0 Å². The zero-order valence-electron chi connectivity index (χ0n) is 8.96. The van der Waals surface area contributed by atoms with Gasteiger partial charge in [-0.25, -0.2) is 0 Å². The molecule has 0 amide bonds. The lowest BCUT2D eigenvalue weighted by Gasteiger charge is -2.32. The minimum absolute atomic E-state index is 0.794. The number of ether oxygens (including phenoxy) is 1. The van der Waals surface area contributed by atoms with Crippen LogP contribution in [0.5, 0.6) is 0 Å². The van der Waals surface area contributed by atoms with E-state index in [1.807, 2.05) is 19.1 Å². The molecule has 0 bridgehead atoms. The number of nitrogens with zero attached hydrogens (tertiary/aromatic N) is 1. The lowest BCUT2D eigenvalue weighted by atomic mass is 10.3. The molecule has 0 aromatic rings. The molecule has 0 rings (SSSR count). The van der Waals surface area contributed by atoms with Crippen LogP contribution in [0.3, 0.4) is 0 Å². The lowest BCUT2D eigenvalue weighted by molar-refractivity contribution is -0.898. The molecule has 0 unspecified atom stereocenters. The monoisotopic (exact) mass is 184 g/mol. The first-order valence-electron chi connectivity index (χ1n) is 4.81. The fraction of sp³-hybridized carbons (Fsp3) is 0.636. The molecule has 0 aliphatic heterocycles. The van der Waals surface area contributed by atoms with Crippen molar-refractivity contribution in [3.8, 4) is 0 Å². The highest BCUT2D eigenvalue weighted by Crippen LogP contribution is 2.02. The Morgan fingerprint density at radius 1 is 1.23 bits per heavy atom. The second kappa shape index (κ2) is 6.87. The molecule has 0 aromatic carbocycles. The minimum Gasteiger partial charge on any atom is -0.376 e. The predicted octanol–water partition coefficient (Wildman–Crippen LogP) is 1.84. The van der Waals surface area contributed by atoms with Crippen LogP contribution < -0.4 is 0 Å². The van der Waals surface area contributed by atoms with E-state index >= 15 is 0 Å². The topological polar surface area (TPSA) is 9.23 Å². The second-order valence-electron chi connectivity index (χ2n) is 3.48. The van der Waals surface area contributed by atoms with Crippen molar-refractivity contribution in [1.82, 2.24) is 0 Å². The predicted molar refractivity (Wildman–Crippen MR) is 57.7 cm³/mol. The Kier molecular flexibility index (Phi) is 6.55. The van der Waals surface area contributed by atoms with E-state index in [4.69, 9.17) is 4.74 Å². The Labute approximate surface area is 82.1 Å². The summed E-state index contributed by atoms with van der Waals surface area (Å²) in [4.78, 5) is 0. The van der Waals surface area contributed by atoms with Gasteiger partial charge in [0.15, 0.2) is 0 Å². The molecule has 0 aliphatic carbocycles. The Bertz CT molecular complexity index is 144. The van der Waals surface area contributed by atoms with Crippen molar-refractivity contribution in [3.05, 3.63) is 25.3 Å². The average Bonchev–Trinajstić information content (AvgIpc) is 2.05. The van der Waals surface area contributed by atoms with Gasteiger partial charge < -0.3 is 9.22 Å². The van der Waals surface area contributed by atoms with Crippen LogP contribution in [-0.4, -0.2) is 44.4 Å². The molecule has 0 atom stereocenters. The number of rotatable bonds is 8. The fourth-order valence-corrected chi connectivity index (χ4v) is 1.31. The van der Waals surface area contributed by atoms with Crippen molar-refractivity contribution in [3.63, 3.8) is 0 Å². The van der Waals surface area contributed by atoms with Gasteiger partial charge in [0.05, 0.1) is 26.7 Å². The molecule has 0 saturated heterocycles. The molecule has 0 saturated carbocycles. The molecule has 2 heteroatoms. The number of hydrogen-bond donors (Lipinski definition) is 0. The van der Waals surface area contributed by atoms with Crippen LogP contribution >= 0.6 is 0 Å². The van der Waals surface area contributed by atoms with Gasteiger partial charge >= 0.3 is 0 Å². The number of quaternary nitrogens is 1. The molecule has 0 fully saturated rings. The zero-order valence-corrected chi connectivity index (χ0v) is 8.96. The summed E-state index contributed by atoms with van der Waals surface area (Å²) >= 11 is 0. The SMILES string of the molecule is C=CC[N+](C)(CC=C)CCOCC. The molecule has 2 nitrogen and oxygen atoms in total. The van der Waals surface area contributed by atoms with E-state index in [-0.39, 0.29) is 0 Å². The van der Waals surface area contributed by atoms with E-state index in [0.717, 1.165) is 37.3 Å². The van der Waals surface area contributed by atoms with Crippen molar-refractivity contribution in [1.29, 1.82) is 0 Å². The average molecular weight is 184 g/mol. The number of likely N-dealkylation sites (N-methyl/N-ethyl adjacent to an activating group) is 1. The lowest BCUT2D eigenvalue weighted by Crippen LogP contribution is -2.46. The summed E-state index contributed by atoms with van der Waals surface area (Å²) in [7, 11) is 2.20. The molecule has 0 spiro atoms. The second-order valence-corrected chi connectivity index (χ2v) is 3.48. The van der Waals surface area contributed by atoms with Crippen molar-refractivity contribution in [2.24, 2.45) is 0 Å². The van der Waals surface area contributed by atoms with Crippen molar-refractivity contribution in [2.75, 3.05) is 39.9 Å². The molecule has 0 radical (unpaired) electrons. The van der Waals surface area contributed by atoms with Crippen molar-refractivity contribution < 1.29 is 9.22 Å². The molecule has 0 heterocycles. The summed E-state index contributed by atoms with van der Waals surface area (Å²) in [6, 6.07) is 0. The summed E-state index contributed by atoms with van der Waals surface area (Å²) in [6.07, 6.45) is 3.91. The molecular formula is C11H22NO+. The van der Waals surface area contributed by atoms with Gasteiger partial charge in [0, 0.05) is 6.61 Å². The first kappa shape index (κ1) is 12.4. The normalized spacial score (nSPS) is 11.2. The standard InChI is InChI=1S/C11H22NO/c1-5-8-12(4,9-6-2)10-11-13-7-3/h5-6H,1-2,7-11H2,3-4H3/q+1. The third-order valence-electron chi connectivity index (χ3n) is 2.12. The van der Waals surface area contributed by atoms with Gasteiger partial charge in [-0.1, -0.05) is 13.2 Å². The van der Waals surface area contributed by atoms with Gasteiger partial charge in [-0.05, 0) is 19.1 Å². The summed E-state index contributed by atoms with van der Waals surface area (Å²) < 4.78 is 6.28. The third kappa shape index (κ3) is 5.61. The van der Waals surface area contributed by atoms with E-state index in [0.29, 0.717) is 0 Å². The summed E-state index contributed by atoms with van der Waals surface area (Å²) in [6.45, 7) is 14.1. The van der Waals surface area contributed by atoms with Gasteiger partial charge in [0.1, 0.15) is 6.54 Å². The van der Waals surface area contributed by atoms with Crippen LogP contribution in [0.4, 0.5) is 0 Å². The van der Waals surface area contributed by atoms with Crippen LogP contribution in [0.25, 0.3) is 0 Å². The van der Waals surface area contributed by atoms with E-state index < -0.39 is 0 Å². The van der Waals surface area contributed by atoms with E-state index in [2.05, 4.69) is 20.2 Å². The Morgan fingerprint density at radius 3 is 2.15 bits per heavy atom. The highest BCUT2D eigenvalue weighted by Gasteiger charge is 2.16. The molecule has 0 aliphatic rings. The maximum atomic E-state index is 5.34. The van der Waals surface area contributed by atoms with Crippen LogP contribution in [0.1, 0.15) is 6.92 Å². The van der Waals surface area contributed by atoms with Crippen molar-refractivity contribution >= 4 is 0 Å². The van der Waals surface area contributed by atoms with Crippen LogP contribution in [0, 0.1) is 0 Å². The Hall–Kier alpha value is -0.600. The Morgan fingerprint density at radius 2 is 1.77 bits per heavy atom. The Balaban J connectivity index is 3.90. The molecule has 0 N–H and O–H groups in total. The minimum atomic E-state index is 0.794. The molecular weight excluding hydrogens is 162 g/mol. The molecule has 0 aromatic heterocycles. The first-order chi connectivity index (χ1) is 6.18. The van der Waals surface area contributed by atoms with Gasteiger partial charge in [-0.15, -0.1) is 0 Å². The van der Waals surface area contributed by atoms with E-state index in [9.17, 15) is 0 Å². The molecule has 76 valence electrons. The maximum absolute atomic E-state index is 5.34.